The Labute approximate surface area is 95.3 Å². The molecule has 0 amide bonds. The van der Waals surface area contributed by atoms with Crippen LogP contribution in [0.2, 0.25) is 0 Å². The second-order valence-electron chi connectivity index (χ2n) is 3.44. The average Bonchev–Trinajstić information content (AvgIpc) is 2.38. The quantitative estimate of drug-likeness (QED) is 0.685. The molecule has 0 radical (unpaired) electrons. The molecule has 76 valence electrons. The van der Waals surface area contributed by atoms with Crippen LogP contribution in [0.4, 0.5) is 0 Å². The Hall–Kier alpha value is -2.33. The Bertz CT molecular complexity index is 533. The van der Waals surface area contributed by atoms with Gasteiger partial charge in [-0.2, -0.15) is 5.26 Å². The van der Waals surface area contributed by atoms with Crippen molar-refractivity contribution in [2.75, 3.05) is 0 Å². The van der Waals surface area contributed by atoms with Crippen molar-refractivity contribution in [3.05, 3.63) is 71.3 Å². The zero-order valence-corrected chi connectivity index (χ0v) is 8.80. The van der Waals surface area contributed by atoms with E-state index in [1.165, 1.54) is 0 Å². The highest BCUT2D eigenvalue weighted by molar-refractivity contribution is 5.72. The Balaban J connectivity index is 2.28. The summed E-state index contributed by atoms with van der Waals surface area (Å²) in [7, 11) is 0. The fourth-order valence-electron chi connectivity index (χ4n) is 1.49. The van der Waals surface area contributed by atoms with E-state index in [-0.39, 0.29) is 0 Å². The van der Waals surface area contributed by atoms with E-state index in [4.69, 9.17) is 5.26 Å². The summed E-state index contributed by atoms with van der Waals surface area (Å²) in [6, 6.07) is 19.8. The van der Waals surface area contributed by atoms with Gasteiger partial charge in [0.05, 0.1) is 11.6 Å². The third-order valence-corrected chi connectivity index (χ3v) is 2.34. The van der Waals surface area contributed by atoms with Gasteiger partial charge in [-0.25, -0.2) is 0 Å². The first-order valence-electron chi connectivity index (χ1n) is 5.12. The molecule has 0 bridgehead atoms. The van der Waals surface area contributed by atoms with E-state index in [2.05, 4.69) is 6.07 Å². The minimum atomic E-state index is 0.703. The Morgan fingerprint density at radius 3 is 2.25 bits per heavy atom. The molecule has 16 heavy (non-hydrogen) atoms. The molecule has 0 atom stereocenters. The molecule has 0 heterocycles. The van der Waals surface area contributed by atoms with Gasteiger partial charge in [0.2, 0.25) is 0 Å². The first-order valence-corrected chi connectivity index (χ1v) is 5.12. The predicted octanol–water partition coefficient (Wildman–Crippen LogP) is 3.73. The molecule has 0 N–H and O–H groups in total. The molecule has 0 saturated heterocycles. The van der Waals surface area contributed by atoms with Gasteiger partial charge < -0.3 is 0 Å². The molecular formula is C15H11N. The van der Waals surface area contributed by atoms with Crippen LogP contribution in [0.5, 0.6) is 0 Å². The lowest BCUT2D eigenvalue weighted by Crippen LogP contribution is -1.79. The normalized spacial score (nSPS) is 10.2. The maximum atomic E-state index is 8.93. The minimum Gasteiger partial charge on any atom is -0.192 e. The summed E-state index contributed by atoms with van der Waals surface area (Å²) in [5.74, 6) is 0. The summed E-state index contributed by atoms with van der Waals surface area (Å²) in [5.41, 5.74) is 2.79. The summed E-state index contributed by atoms with van der Waals surface area (Å²) < 4.78 is 0. The summed E-state index contributed by atoms with van der Waals surface area (Å²) >= 11 is 0. The van der Waals surface area contributed by atoms with Gasteiger partial charge in [-0.05, 0) is 17.2 Å². The molecule has 1 heteroatoms. The minimum absolute atomic E-state index is 0.703. The zero-order chi connectivity index (χ0) is 11.2. The number of nitriles is 1. The van der Waals surface area contributed by atoms with E-state index in [1.54, 1.807) is 0 Å². The highest BCUT2D eigenvalue weighted by Gasteiger charge is 1.95. The summed E-state index contributed by atoms with van der Waals surface area (Å²) in [5, 5.41) is 8.93. The highest BCUT2D eigenvalue weighted by Crippen LogP contribution is 2.12. The van der Waals surface area contributed by atoms with E-state index in [9.17, 15) is 0 Å². The molecule has 0 fully saturated rings. The Kier molecular flexibility index (Phi) is 3.15. The van der Waals surface area contributed by atoms with Crippen LogP contribution in [0, 0.1) is 11.3 Å². The van der Waals surface area contributed by atoms with Crippen molar-refractivity contribution in [2.45, 2.75) is 0 Å². The van der Waals surface area contributed by atoms with Gasteiger partial charge in [0, 0.05) is 0 Å². The molecule has 0 saturated carbocycles. The first kappa shape index (κ1) is 10.2. The Morgan fingerprint density at radius 1 is 0.812 bits per heavy atom. The van der Waals surface area contributed by atoms with Crippen molar-refractivity contribution in [3.63, 3.8) is 0 Å². The molecule has 1 nitrogen and oxygen atoms in total. The largest absolute Gasteiger partial charge is 0.192 e. The molecule has 0 unspecified atom stereocenters. The topological polar surface area (TPSA) is 23.8 Å². The molecule has 0 aliphatic heterocycles. The lowest BCUT2D eigenvalue weighted by molar-refractivity contribution is 1.47. The zero-order valence-electron chi connectivity index (χ0n) is 8.80. The molecule has 2 rings (SSSR count). The smallest absolute Gasteiger partial charge is 0.0997 e. The van der Waals surface area contributed by atoms with Gasteiger partial charge in [0.1, 0.15) is 0 Å². The summed E-state index contributed by atoms with van der Waals surface area (Å²) in [6.45, 7) is 0. The van der Waals surface area contributed by atoms with Crippen LogP contribution in [0.15, 0.2) is 54.6 Å². The highest BCUT2D eigenvalue weighted by atomic mass is 14.2. The molecule has 2 aromatic rings. The second kappa shape index (κ2) is 4.95. The van der Waals surface area contributed by atoms with Crippen LogP contribution in [0.3, 0.4) is 0 Å². The average molecular weight is 205 g/mol. The summed E-state index contributed by atoms with van der Waals surface area (Å²) in [6.07, 6.45) is 3.98. The molecule has 2 aromatic carbocycles. The lowest BCUT2D eigenvalue weighted by Gasteiger charge is -1.96. The SMILES string of the molecule is N#Cc1ccccc1/C=C\c1ccccc1. The second-order valence-corrected chi connectivity index (χ2v) is 3.44. The molecule has 0 spiro atoms. The van der Waals surface area contributed by atoms with E-state index >= 15 is 0 Å². The van der Waals surface area contributed by atoms with Gasteiger partial charge in [-0.15, -0.1) is 0 Å². The van der Waals surface area contributed by atoms with E-state index in [0.29, 0.717) is 5.56 Å². The maximum absolute atomic E-state index is 8.93. The van der Waals surface area contributed by atoms with Crippen molar-refractivity contribution in [1.82, 2.24) is 0 Å². The Morgan fingerprint density at radius 2 is 1.50 bits per heavy atom. The third-order valence-electron chi connectivity index (χ3n) is 2.34. The van der Waals surface area contributed by atoms with Gasteiger partial charge >= 0.3 is 0 Å². The van der Waals surface area contributed by atoms with Gasteiger partial charge in [-0.1, -0.05) is 60.7 Å². The van der Waals surface area contributed by atoms with Gasteiger partial charge in [-0.3, -0.25) is 0 Å². The van der Waals surface area contributed by atoms with Crippen LogP contribution in [0.1, 0.15) is 16.7 Å². The third kappa shape index (κ3) is 2.37. The van der Waals surface area contributed by atoms with E-state index in [1.807, 2.05) is 66.7 Å². The predicted molar refractivity (Wildman–Crippen MR) is 66.5 cm³/mol. The first-order chi connectivity index (χ1) is 7.90. The number of benzene rings is 2. The van der Waals surface area contributed by atoms with Crippen LogP contribution in [-0.4, -0.2) is 0 Å². The van der Waals surface area contributed by atoms with Crippen LogP contribution in [-0.2, 0) is 0 Å². The molecule has 0 aliphatic rings. The van der Waals surface area contributed by atoms with E-state index in [0.717, 1.165) is 11.1 Å². The van der Waals surface area contributed by atoms with Crippen molar-refractivity contribution in [2.24, 2.45) is 0 Å². The summed E-state index contributed by atoms with van der Waals surface area (Å²) in [4.78, 5) is 0. The number of hydrogen-bond donors (Lipinski definition) is 0. The molecule has 0 aromatic heterocycles. The van der Waals surface area contributed by atoms with Crippen LogP contribution >= 0.6 is 0 Å². The maximum Gasteiger partial charge on any atom is 0.0997 e. The van der Waals surface area contributed by atoms with Crippen molar-refractivity contribution in [1.29, 1.82) is 5.26 Å². The lowest BCUT2D eigenvalue weighted by atomic mass is 10.1. The number of rotatable bonds is 2. The number of nitrogens with zero attached hydrogens (tertiary/aromatic N) is 1. The van der Waals surface area contributed by atoms with Gasteiger partial charge in [0.15, 0.2) is 0 Å². The van der Waals surface area contributed by atoms with Crippen molar-refractivity contribution in [3.8, 4) is 6.07 Å². The number of hydrogen-bond acceptors (Lipinski definition) is 1. The molecular weight excluding hydrogens is 194 g/mol. The molecule has 0 aliphatic carbocycles. The standard InChI is InChI=1S/C15H11N/c16-12-15-9-5-4-8-14(15)11-10-13-6-2-1-3-7-13/h1-11H/b11-10-. The van der Waals surface area contributed by atoms with Crippen LogP contribution < -0.4 is 0 Å². The van der Waals surface area contributed by atoms with E-state index < -0.39 is 0 Å². The fraction of sp³-hybridized carbons (Fsp3) is 0. The van der Waals surface area contributed by atoms with Crippen molar-refractivity contribution < 1.29 is 0 Å². The monoisotopic (exact) mass is 205 g/mol. The fourth-order valence-corrected chi connectivity index (χ4v) is 1.49. The van der Waals surface area contributed by atoms with Crippen molar-refractivity contribution >= 4 is 12.2 Å². The van der Waals surface area contributed by atoms with Gasteiger partial charge in [0.25, 0.3) is 0 Å². The van der Waals surface area contributed by atoms with Crippen LogP contribution in [0.25, 0.3) is 12.2 Å².